The molecule has 1 unspecified atom stereocenters. The van der Waals surface area contributed by atoms with E-state index in [-0.39, 0.29) is 11.4 Å². The van der Waals surface area contributed by atoms with Crippen molar-refractivity contribution in [2.24, 2.45) is 11.7 Å². The number of carbonyl (C=O) groups excluding carboxylic acids is 1. The summed E-state index contributed by atoms with van der Waals surface area (Å²) in [7, 11) is 4.73. The Kier molecular flexibility index (Phi) is 5.94. The van der Waals surface area contributed by atoms with Gasteiger partial charge in [-0.05, 0) is 43.7 Å². The van der Waals surface area contributed by atoms with Crippen molar-refractivity contribution in [3.05, 3.63) is 17.7 Å². The van der Waals surface area contributed by atoms with Crippen molar-refractivity contribution in [2.75, 3.05) is 27.9 Å². The van der Waals surface area contributed by atoms with E-state index in [4.69, 9.17) is 19.9 Å². The molecule has 6 heteroatoms. The van der Waals surface area contributed by atoms with Gasteiger partial charge in [-0.25, -0.2) is 0 Å². The fourth-order valence-electron chi connectivity index (χ4n) is 3.03. The number of methoxy groups -OCH3 is 3. The number of ether oxygens (including phenoxy) is 3. The van der Waals surface area contributed by atoms with Gasteiger partial charge < -0.3 is 25.3 Å². The second-order valence-electron chi connectivity index (χ2n) is 6.44. The average molecular weight is 336 g/mol. The lowest BCUT2D eigenvalue weighted by atomic mass is 9.95. The molecule has 1 saturated carbocycles. The second kappa shape index (κ2) is 7.75. The molecule has 134 valence electrons. The molecule has 2 rings (SSSR count). The van der Waals surface area contributed by atoms with Crippen LogP contribution in [0.1, 0.15) is 31.7 Å². The predicted octanol–water partition coefficient (Wildman–Crippen LogP) is 1.89. The van der Waals surface area contributed by atoms with Gasteiger partial charge in [0.25, 0.3) is 0 Å². The lowest BCUT2D eigenvalue weighted by molar-refractivity contribution is -0.123. The summed E-state index contributed by atoms with van der Waals surface area (Å²) >= 11 is 0. The zero-order valence-corrected chi connectivity index (χ0v) is 15.0. The molecule has 0 bridgehead atoms. The maximum absolute atomic E-state index is 12.3. The van der Waals surface area contributed by atoms with Crippen LogP contribution in [0.4, 0.5) is 0 Å². The van der Waals surface area contributed by atoms with Crippen molar-refractivity contribution in [3.8, 4) is 17.2 Å². The number of benzene rings is 1. The van der Waals surface area contributed by atoms with Crippen molar-refractivity contribution in [1.82, 2.24) is 5.32 Å². The number of carbonyl (C=O) groups is 1. The van der Waals surface area contributed by atoms with Crippen LogP contribution in [0.3, 0.4) is 0 Å². The highest BCUT2D eigenvalue weighted by atomic mass is 16.5. The average Bonchev–Trinajstić information content (AvgIpc) is 3.44. The van der Waals surface area contributed by atoms with Gasteiger partial charge in [-0.3, -0.25) is 4.79 Å². The molecule has 24 heavy (non-hydrogen) atoms. The topological polar surface area (TPSA) is 82.8 Å². The Hall–Kier alpha value is -1.95. The van der Waals surface area contributed by atoms with Crippen LogP contribution >= 0.6 is 0 Å². The SMILES string of the molecule is COc1ccc(CCC(=O)NC(C)(CN)C2CC2)c(OC)c1OC. The van der Waals surface area contributed by atoms with Crippen LogP contribution < -0.4 is 25.3 Å². The van der Waals surface area contributed by atoms with Crippen LogP contribution in [0.25, 0.3) is 0 Å². The Morgan fingerprint density at radius 2 is 1.88 bits per heavy atom. The molecule has 0 aliphatic heterocycles. The molecule has 1 aromatic carbocycles. The summed E-state index contributed by atoms with van der Waals surface area (Å²) in [5, 5.41) is 3.10. The number of nitrogens with one attached hydrogen (secondary N) is 1. The lowest BCUT2D eigenvalue weighted by Crippen LogP contribution is -2.53. The van der Waals surface area contributed by atoms with Crippen LogP contribution in [0.2, 0.25) is 0 Å². The predicted molar refractivity (Wildman–Crippen MR) is 92.7 cm³/mol. The highest BCUT2D eigenvalue weighted by molar-refractivity contribution is 5.77. The van der Waals surface area contributed by atoms with E-state index in [1.807, 2.05) is 19.1 Å². The molecule has 0 spiro atoms. The van der Waals surface area contributed by atoms with Gasteiger partial charge in [0.1, 0.15) is 0 Å². The Labute approximate surface area is 143 Å². The smallest absolute Gasteiger partial charge is 0.220 e. The zero-order valence-electron chi connectivity index (χ0n) is 15.0. The monoisotopic (exact) mass is 336 g/mol. The first-order valence-electron chi connectivity index (χ1n) is 8.28. The number of nitrogens with two attached hydrogens (primary N) is 1. The first kappa shape index (κ1) is 18.4. The number of amides is 1. The minimum Gasteiger partial charge on any atom is -0.493 e. The summed E-state index contributed by atoms with van der Waals surface area (Å²) in [4.78, 5) is 12.3. The van der Waals surface area contributed by atoms with Gasteiger partial charge in [0, 0.05) is 13.0 Å². The van der Waals surface area contributed by atoms with Crippen LogP contribution in [-0.4, -0.2) is 39.3 Å². The molecule has 0 saturated heterocycles. The van der Waals surface area contributed by atoms with Crippen molar-refractivity contribution >= 4 is 5.91 Å². The van der Waals surface area contributed by atoms with Crippen molar-refractivity contribution in [3.63, 3.8) is 0 Å². The van der Waals surface area contributed by atoms with Gasteiger partial charge in [-0.2, -0.15) is 0 Å². The summed E-state index contributed by atoms with van der Waals surface area (Å²) in [6.07, 6.45) is 3.20. The van der Waals surface area contributed by atoms with Crippen LogP contribution in [0.5, 0.6) is 17.2 Å². The number of aryl methyl sites for hydroxylation is 1. The van der Waals surface area contributed by atoms with Gasteiger partial charge in [-0.1, -0.05) is 6.07 Å². The Balaban J connectivity index is 2.04. The van der Waals surface area contributed by atoms with Crippen LogP contribution in [-0.2, 0) is 11.2 Å². The first-order valence-corrected chi connectivity index (χ1v) is 8.28. The maximum Gasteiger partial charge on any atom is 0.220 e. The van der Waals surface area contributed by atoms with Gasteiger partial charge in [0.15, 0.2) is 11.5 Å². The molecule has 0 radical (unpaired) electrons. The summed E-state index contributed by atoms with van der Waals surface area (Å²) in [5.74, 6) is 2.26. The summed E-state index contributed by atoms with van der Waals surface area (Å²) in [5.41, 5.74) is 6.47. The van der Waals surface area contributed by atoms with Gasteiger partial charge in [-0.15, -0.1) is 0 Å². The van der Waals surface area contributed by atoms with E-state index < -0.39 is 0 Å². The van der Waals surface area contributed by atoms with E-state index in [9.17, 15) is 4.79 Å². The molecule has 0 aromatic heterocycles. The van der Waals surface area contributed by atoms with E-state index in [1.165, 1.54) is 0 Å². The van der Waals surface area contributed by atoms with E-state index in [0.717, 1.165) is 18.4 Å². The molecule has 1 aliphatic rings. The Morgan fingerprint density at radius 1 is 1.21 bits per heavy atom. The summed E-state index contributed by atoms with van der Waals surface area (Å²) < 4.78 is 16.1. The second-order valence-corrected chi connectivity index (χ2v) is 6.44. The van der Waals surface area contributed by atoms with Crippen molar-refractivity contribution in [1.29, 1.82) is 0 Å². The molecule has 3 N–H and O–H groups in total. The molecule has 1 amide bonds. The standard InChI is InChI=1S/C18H28N2O4/c1-18(11-19,13-7-8-13)20-15(21)10-6-12-5-9-14(22-2)17(24-4)16(12)23-3/h5,9,13H,6-8,10-11,19H2,1-4H3,(H,20,21). The number of rotatable bonds is 9. The van der Waals surface area contributed by atoms with Gasteiger partial charge in [0.05, 0.1) is 26.9 Å². The van der Waals surface area contributed by atoms with E-state index >= 15 is 0 Å². The third-order valence-corrected chi connectivity index (χ3v) is 4.73. The van der Waals surface area contributed by atoms with Crippen LogP contribution in [0.15, 0.2) is 12.1 Å². The fraction of sp³-hybridized carbons (Fsp3) is 0.611. The minimum atomic E-state index is -0.293. The van der Waals surface area contributed by atoms with E-state index in [1.54, 1.807) is 21.3 Å². The first-order chi connectivity index (χ1) is 11.5. The molecular weight excluding hydrogens is 308 g/mol. The largest absolute Gasteiger partial charge is 0.493 e. The van der Waals surface area contributed by atoms with E-state index in [2.05, 4.69) is 5.32 Å². The summed E-state index contributed by atoms with van der Waals surface area (Å²) in [6, 6.07) is 3.72. The Bertz CT molecular complexity index is 587. The number of hydrogen-bond acceptors (Lipinski definition) is 5. The third kappa shape index (κ3) is 3.93. The fourth-order valence-corrected chi connectivity index (χ4v) is 3.03. The van der Waals surface area contributed by atoms with Gasteiger partial charge in [0.2, 0.25) is 11.7 Å². The van der Waals surface area contributed by atoms with E-state index in [0.29, 0.717) is 42.6 Å². The molecular formula is C18H28N2O4. The minimum absolute atomic E-state index is 0.00619. The number of hydrogen-bond donors (Lipinski definition) is 2. The molecule has 1 aliphatic carbocycles. The quantitative estimate of drug-likeness (QED) is 0.719. The molecule has 1 atom stereocenters. The highest BCUT2D eigenvalue weighted by Crippen LogP contribution is 2.41. The van der Waals surface area contributed by atoms with Crippen LogP contribution in [0, 0.1) is 5.92 Å². The lowest BCUT2D eigenvalue weighted by Gasteiger charge is -2.29. The molecule has 0 heterocycles. The molecule has 1 aromatic rings. The molecule has 6 nitrogen and oxygen atoms in total. The third-order valence-electron chi connectivity index (χ3n) is 4.73. The molecule has 1 fully saturated rings. The summed E-state index contributed by atoms with van der Waals surface area (Å²) in [6.45, 7) is 2.49. The highest BCUT2D eigenvalue weighted by Gasteiger charge is 2.41. The normalized spacial score (nSPS) is 16.2. The van der Waals surface area contributed by atoms with Gasteiger partial charge >= 0.3 is 0 Å². The maximum atomic E-state index is 12.3. The van der Waals surface area contributed by atoms with Crippen molar-refractivity contribution in [2.45, 2.75) is 38.1 Å². The Morgan fingerprint density at radius 3 is 2.38 bits per heavy atom. The van der Waals surface area contributed by atoms with Crippen molar-refractivity contribution < 1.29 is 19.0 Å². The zero-order chi connectivity index (χ0) is 17.7.